The Morgan fingerprint density at radius 2 is 1.94 bits per heavy atom. The highest BCUT2D eigenvalue weighted by atomic mass is 32.2. The van der Waals surface area contributed by atoms with Gasteiger partial charge in [0.25, 0.3) is 0 Å². The summed E-state index contributed by atoms with van der Waals surface area (Å²) in [6.07, 6.45) is 1.75. The van der Waals surface area contributed by atoms with E-state index >= 15 is 4.39 Å². The first-order valence-corrected chi connectivity index (χ1v) is 12.1. The molecule has 3 aromatic rings. The lowest BCUT2D eigenvalue weighted by atomic mass is 9.91. The van der Waals surface area contributed by atoms with Gasteiger partial charge in [0.2, 0.25) is 11.8 Å². The Hall–Kier alpha value is -3.87. The van der Waals surface area contributed by atoms with Crippen LogP contribution in [0.1, 0.15) is 26.3 Å². The number of primary amides is 1. The maximum atomic E-state index is 15.1. The standard InChI is InChI=1S/C22H23FN6O5S/c1-21(2)19(33-20(24)30)28-22(3,11-35(21,25)31)13-7-12(5-6-14(13)23)17-8-15(29-34-17)16-9-27-18(32-4)10-26-16/h5-10,25H,11H2,1-4H3,(H2,24,30)/t22-,35+/m0/s1. The number of hydrogen-bond acceptors (Lipinski definition) is 10. The third-order valence-electron chi connectivity index (χ3n) is 5.81. The van der Waals surface area contributed by atoms with E-state index in [1.165, 1.54) is 58.5 Å². The smallest absolute Gasteiger partial charge is 0.411 e. The molecule has 0 radical (unpaired) electrons. The zero-order valence-electron chi connectivity index (χ0n) is 19.4. The summed E-state index contributed by atoms with van der Waals surface area (Å²) in [6, 6.07) is 5.78. The van der Waals surface area contributed by atoms with Crippen LogP contribution in [0.3, 0.4) is 0 Å². The van der Waals surface area contributed by atoms with Crippen LogP contribution in [0.5, 0.6) is 5.88 Å². The molecule has 3 heterocycles. The van der Waals surface area contributed by atoms with Gasteiger partial charge in [-0.2, -0.15) is 0 Å². The number of hydrogen-bond donors (Lipinski definition) is 2. The SMILES string of the molecule is COc1cnc(-c2cc(-c3ccc(F)c([C@]4(C)C[S@@](=N)(=O)C(C)(C)C(OC(N)=O)=N4)c3)on2)cn1. The molecule has 2 aromatic heterocycles. The van der Waals surface area contributed by atoms with Crippen molar-refractivity contribution in [3.05, 3.63) is 48.0 Å². The van der Waals surface area contributed by atoms with Gasteiger partial charge >= 0.3 is 6.09 Å². The summed E-state index contributed by atoms with van der Waals surface area (Å²) in [6.45, 7) is 4.45. The largest absolute Gasteiger partial charge is 0.480 e. The third-order valence-corrected chi connectivity index (χ3v) is 8.60. The number of nitrogens with two attached hydrogens (primary N) is 1. The van der Waals surface area contributed by atoms with Crippen molar-refractivity contribution >= 4 is 21.7 Å². The fourth-order valence-electron chi connectivity index (χ4n) is 3.66. The van der Waals surface area contributed by atoms with Gasteiger partial charge in [0.1, 0.15) is 27.5 Å². The lowest BCUT2D eigenvalue weighted by Gasteiger charge is -2.39. The number of amides is 1. The first kappa shape index (κ1) is 24.3. The molecular weight excluding hydrogens is 479 g/mol. The molecule has 13 heteroatoms. The number of aliphatic imine (C=N–C) groups is 1. The zero-order valence-corrected chi connectivity index (χ0v) is 20.2. The number of aromatic nitrogens is 3. The van der Waals surface area contributed by atoms with Crippen molar-refractivity contribution in [2.75, 3.05) is 12.9 Å². The summed E-state index contributed by atoms with van der Waals surface area (Å²) in [4.78, 5) is 24.1. The Morgan fingerprint density at radius 1 is 1.20 bits per heavy atom. The molecular formula is C22H23FN6O5S. The molecule has 4 rings (SSSR count). The second-order valence-electron chi connectivity index (χ2n) is 8.66. The molecule has 1 aliphatic heterocycles. The second kappa shape index (κ2) is 8.41. The van der Waals surface area contributed by atoms with Crippen LogP contribution in [0.15, 0.2) is 46.2 Å². The lowest BCUT2D eigenvalue weighted by molar-refractivity contribution is 0.204. The van der Waals surface area contributed by atoms with Crippen molar-refractivity contribution in [2.24, 2.45) is 10.7 Å². The van der Waals surface area contributed by atoms with E-state index in [4.69, 9.17) is 24.5 Å². The van der Waals surface area contributed by atoms with Crippen LogP contribution in [0, 0.1) is 10.6 Å². The molecule has 0 saturated carbocycles. The molecule has 35 heavy (non-hydrogen) atoms. The normalized spacial score (nSPS) is 23.4. The van der Waals surface area contributed by atoms with Crippen molar-refractivity contribution in [2.45, 2.75) is 31.1 Å². The topological polar surface area (TPSA) is 167 Å². The summed E-state index contributed by atoms with van der Waals surface area (Å²) in [7, 11) is -1.96. The predicted molar refractivity (Wildman–Crippen MR) is 125 cm³/mol. The van der Waals surface area contributed by atoms with Crippen LogP contribution in [-0.4, -0.2) is 48.9 Å². The predicted octanol–water partition coefficient (Wildman–Crippen LogP) is 3.49. The van der Waals surface area contributed by atoms with Crippen LogP contribution >= 0.6 is 0 Å². The third kappa shape index (κ3) is 4.34. The van der Waals surface area contributed by atoms with Crippen LogP contribution < -0.4 is 10.5 Å². The van der Waals surface area contributed by atoms with E-state index in [0.29, 0.717) is 28.6 Å². The van der Waals surface area contributed by atoms with E-state index in [0.717, 1.165) is 0 Å². The van der Waals surface area contributed by atoms with Gasteiger partial charge in [-0.15, -0.1) is 0 Å². The zero-order chi connectivity index (χ0) is 25.6. The number of nitrogens with zero attached hydrogens (tertiary/aromatic N) is 4. The van der Waals surface area contributed by atoms with E-state index in [9.17, 15) is 9.00 Å². The molecule has 11 nitrogen and oxygen atoms in total. The number of nitrogens with one attached hydrogen (secondary N) is 1. The van der Waals surface area contributed by atoms with Gasteiger partial charge in [-0.05, 0) is 39.0 Å². The van der Waals surface area contributed by atoms with Crippen LogP contribution in [0.2, 0.25) is 0 Å². The van der Waals surface area contributed by atoms with Gasteiger partial charge in [0.05, 0.1) is 35.0 Å². The van der Waals surface area contributed by atoms with Crippen molar-refractivity contribution < 1.29 is 27.4 Å². The number of ether oxygens (including phenoxy) is 2. The number of carbonyl (C=O) groups is 1. The molecule has 0 bridgehead atoms. The Labute approximate surface area is 200 Å². The average molecular weight is 503 g/mol. The summed E-state index contributed by atoms with van der Waals surface area (Å²) in [5.41, 5.74) is 5.00. The quantitative estimate of drug-likeness (QED) is 0.547. The minimum absolute atomic E-state index is 0.0400. The van der Waals surface area contributed by atoms with E-state index in [-0.39, 0.29) is 17.2 Å². The van der Waals surface area contributed by atoms with Crippen molar-refractivity contribution in [1.29, 1.82) is 4.78 Å². The molecule has 1 amide bonds. The van der Waals surface area contributed by atoms with Crippen LogP contribution in [-0.2, 0) is 20.0 Å². The summed E-state index contributed by atoms with van der Waals surface area (Å²) in [5, 5.41) is 4.00. The van der Waals surface area contributed by atoms with Crippen molar-refractivity contribution in [1.82, 2.24) is 15.1 Å². The van der Waals surface area contributed by atoms with Gasteiger partial charge in [-0.25, -0.2) is 28.4 Å². The number of methoxy groups -OCH3 is 1. The molecule has 2 atom stereocenters. The molecule has 3 N–H and O–H groups in total. The molecule has 1 aromatic carbocycles. The van der Waals surface area contributed by atoms with Crippen LogP contribution in [0.25, 0.3) is 22.7 Å². The number of halogens is 1. The van der Waals surface area contributed by atoms with E-state index < -0.39 is 31.9 Å². The highest BCUT2D eigenvalue weighted by Crippen LogP contribution is 2.40. The van der Waals surface area contributed by atoms with Gasteiger partial charge < -0.3 is 19.7 Å². The summed E-state index contributed by atoms with van der Waals surface area (Å²) < 4.78 is 50.8. The minimum Gasteiger partial charge on any atom is -0.480 e. The average Bonchev–Trinajstić information content (AvgIpc) is 3.27. The molecule has 184 valence electrons. The van der Waals surface area contributed by atoms with Crippen LogP contribution in [0.4, 0.5) is 9.18 Å². The monoisotopic (exact) mass is 502 g/mol. The van der Waals surface area contributed by atoms with E-state index in [2.05, 4.69) is 20.1 Å². The Balaban J connectivity index is 1.77. The number of benzene rings is 1. The van der Waals surface area contributed by atoms with Crippen molar-refractivity contribution in [3.8, 4) is 28.6 Å². The first-order chi connectivity index (χ1) is 16.4. The Morgan fingerprint density at radius 3 is 2.57 bits per heavy atom. The van der Waals surface area contributed by atoms with Gasteiger partial charge in [-0.3, -0.25) is 4.78 Å². The summed E-state index contributed by atoms with van der Waals surface area (Å²) in [5.74, 6) is -0.585. The molecule has 0 fully saturated rings. The minimum atomic E-state index is -3.43. The van der Waals surface area contributed by atoms with E-state index in [1.54, 1.807) is 6.07 Å². The summed E-state index contributed by atoms with van der Waals surface area (Å²) >= 11 is 0. The maximum absolute atomic E-state index is 15.1. The highest BCUT2D eigenvalue weighted by molar-refractivity contribution is 7.94. The molecule has 0 spiro atoms. The van der Waals surface area contributed by atoms with Gasteiger partial charge in [0.15, 0.2) is 5.76 Å². The lowest BCUT2D eigenvalue weighted by Crippen LogP contribution is -2.53. The molecule has 0 saturated heterocycles. The molecule has 0 unspecified atom stereocenters. The Bertz CT molecular complexity index is 1430. The van der Waals surface area contributed by atoms with Crippen molar-refractivity contribution in [3.63, 3.8) is 0 Å². The van der Waals surface area contributed by atoms with E-state index in [1.807, 2.05) is 0 Å². The number of carbonyl (C=O) groups excluding carboxylic acids is 1. The first-order valence-electron chi connectivity index (χ1n) is 10.3. The fourth-order valence-corrected chi connectivity index (χ4v) is 5.41. The fraction of sp³-hybridized carbons (Fsp3) is 0.318. The molecule has 1 aliphatic rings. The Kier molecular flexibility index (Phi) is 5.83. The molecule has 0 aliphatic carbocycles. The highest BCUT2D eigenvalue weighted by Gasteiger charge is 2.50. The number of rotatable bonds is 4. The van der Waals surface area contributed by atoms with Gasteiger partial charge in [-0.1, -0.05) is 5.16 Å². The van der Waals surface area contributed by atoms with Gasteiger partial charge in [0, 0.05) is 17.2 Å². The maximum Gasteiger partial charge on any atom is 0.411 e. The second-order valence-corrected chi connectivity index (χ2v) is 11.3.